The molecular weight excluding hydrogens is 376 g/mol. The molecule has 0 radical (unpaired) electrons. The summed E-state index contributed by atoms with van der Waals surface area (Å²) in [6, 6.07) is 9.44. The number of benzene rings is 2. The molecule has 2 aliphatic heterocycles. The standard InChI is InChI=1S/C21H18N2O6/c1-28-12-4-6-14-16(10-12)20(26)22(18(14)24)8-3-9-23-19(25)15-7-5-13(29-2)11-17(15)21(23)27/h4-7,10-11H,3,8-9H2,1-2H3. The largest absolute Gasteiger partial charge is 0.497 e. The van der Waals surface area contributed by atoms with Crippen LogP contribution in [0.2, 0.25) is 0 Å². The summed E-state index contributed by atoms with van der Waals surface area (Å²) in [5, 5.41) is 0. The van der Waals surface area contributed by atoms with Crippen LogP contribution in [0.5, 0.6) is 11.5 Å². The molecule has 0 aromatic heterocycles. The summed E-state index contributed by atoms with van der Waals surface area (Å²) in [7, 11) is 2.97. The first-order valence-electron chi connectivity index (χ1n) is 9.04. The first kappa shape index (κ1) is 18.7. The van der Waals surface area contributed by atoms with E-state index in [0.29, 0.717) is 33.8 Å². The maximum atomic E-state index is 12.6. The average Bonchev–Trinajstić information content (AvgIpc) is 3.13. The number of hydrogen-bond acceptors (Lipinski definition) is 6. The molecule has 0 spiro atoms. The Morgan fingerprint density at radius 2 is 1.00 bits per heavy atom. The van der Waals surface area contributed by atoms with Crippen LogP contribution < -0.4 is 9.47 Å². The zero-order valence-electron chi connectivity index (χ0n) is 15.9. The van der Waals surface area contributed by atoms with Crippen LogP contribution in [-0.4, -0.2) is 60.7 Å². The summed E-state index contributed by atoms with van der Waals surface area (Å²) in [4.78, 5) is 52.4. The van der Waals surface area contributed by atoms with Crippen molar-refractivity contribution in [1.29, 1.82) is 0 Å². The molecule has 2 heterocycles. The normalized spacial score (nSPS) is 15.1. The number of nitrogens with zero attached hydrogens (tertiary/aromatic N) is 2. The van der Waals surface area contributed by atoms with Crippen LogP contribution in [0, 0.1) is 0 Å². The number of rotatable bonds is 6. The van der Waals surface area contributed by atoms with Crippen LogP contribution in [0.15, 0.2) is 36.4 Å². The minimum Gasteiger partial charge on any atom is -0.497 e. The quantitative estimate of drug-likeness (QED) is 0.696. The number of imide groups is 2. The molecule has 0 saturated carbocycles. The van der Waals surface area contributed by atoms with Gasteiger partial charge in [0.25, 0.3) is 23.6 Å². The molecule has 0 saturated heterocycles. The molecule has 8 nitrogen and oxygen atoms in total. The highest BCUT2D eigenvalue weighted by atomic mass is 16.5. The molecule has 0 fully saturated rings. The van der Waals surface area contributed by atoms with Gasteiger partial charge < -0.3 is 9.47 Å². The second-order valence-corrected chi connectivity index (χ2v) is 6.70. The van der Waals surface area contributed by atoms with Gasteiger partial charge >= 0.3 is 0 Å². The van der Waals surface area contributed by atoms with Crippen LogP contribution in [0.25, 0.3) is 0 Å². The Morgan fingerprint density at radius 1 is 0.621 bits per heavy atom. The van der Waals surface area contributed by atoms with Crippen molar-refractivity contribution in [2.75, 3.05) is 27.3 Å². The monoisotopic (exact) mass is 394 g/mol. The van der Waals surface area contributed by atoms with E-state index in [1.807, 2.05) is 0 Å². The van der Waals surface area contributed by atoms with Gasteiger partial charge in [-0.2, -0.15) is 0 Å². The van der Waals surface area contributed by atoms with Crippen molar-refractivity contribution in [2.45, 2.75) is 6.42 Å². The second-order valence-electron chi connectivity index (χ2n) is 6.70. The Labute approximate surface area is 166 Å². The molecule has 2 aromatic carbocycles. The fourth-order valence-electron chi connectivity index (χ4n) is 3.59. The van der Waals surface area contributed by atoms with E-state index >= 15 is 0 Å². The molecule has 0 bridgehead atoms. The lowest BCUT2D eigenvalue weighted by atomic mass is 10.1. The van der Waals surface area contributed by atoms with E-state index in [9.17, 15) is 19.2 Å². The smallest absolute Gasteiger partial charge is 0.261 e. The fraction of sp³-hybridized carbons (Fsp3) is 0.238. The number of carbonyl (C=O) groups excluding carboxylic acids is 4. The molecule has 8 heteroatoms. The Kier molecular flexibility index (Phi) is 4.54. The number of fused-ring (bicyclic) bond motifs is 2. The lowest BCUT2D eigenvalue weighted by molar-refractivity contribution is 0.0626. The first-order valence-corrected chi connectivity index (χ1v) is 9.04. The highest BCUT2D eigenvalue weighted by Crippen LogP contribution is 2.28. The summed E-state index contributed by atoms with van der Waals surface area (Å²) in [6.45, 7) is 0.205. The van der Waals surface area contributed by atoms with Gasteiger partial charge in [0.2, 0.25) is 0 Å². The van der Waals surface area contributed by atoms with Crippen LogP contribution in [-0.2, 0) is 0 Å². The van der Waals surface area contributed by atoms with Crippen molar-refractivity contribution >= 4 is 23.6 Å². The molecule has 0 N–H and O–H groups in total. The molecular formula is C21H18N2O6. The van der Waals surface area contributed by atoms with E-state index < -0.39 is 11.8 Å². The fourth-order valence-corrected chi connectivity index (χ4v) is 3.59. The number of carbonyl (C=O) groups is 4. The van der Waals surface area contributed by atoms with Crippen molar-refractivity contribution in [2.24, 2.45) is 0 Å². The summed E-state index contributed by atoms with van der Waals surface area (Å²) >= 11 is 0. The Hall–Kier alpha value is -3.68. The minimum atomic E-state index is -0.406. The van der Waals surface area contributed by atoms with Crippen molar-refractivity contribution < 1.29 is 28.7 Å². The van der Waals surface area contributed by atoms with Gasteiger partial charge in [0.1, 0.15) is 11.5 Å². The van der Waals surface area contributed by atoms with Gasteiger partial charge in [-0.05, 0) is 42.8 Å². The predicted octanol–water partition coefficient (Wildman–Crippen LogP) is 1.99. The van der Waals surface area contributed by atoms with Crippen molar-refractivity contribution in [3.63, 3.8) is 0 Å². The molecule has 2 aromatic rings. The van der Waals surface area contributed by atoms with Crippen LogP contribution in [0.3, 0.4) is 0 Å². The molecule has 29 heavy (non-hydrogen) atoms. The van der Waals surface area contributed by atoms with E-state index in [0.717, 1.165) is 9.80 Å². The predicted molar refractivity (Wildman–Crippen MR) is 101 cm³/mol. The van der Waals surface area contributed by atoms with Crippen LogP contribution in [0.4, 0.5) is 0 Å². The van der Waals surface area contributed by atoms with E-state index in [1.165, 1.54) is 26.4 Å². The molecule has 0 aliphatic carbocycles. The number of amides is 4. The maximum Gasteiger partial charge on any atom is 0.261 e. The van der Waals surface area contributed by atoms with E-state index in [-0.39, 0.29) is 31.3 Å². The summed E-state index contributed by atoms with van der Waals surface area (Å²) in [5.41, 5.74) is 1.23. The Bertz CT molecular complexity index is 978. The van der Waals surface area contributed by atoms with Gasteiger partial charge in [-0.25, -0.2) is 0 Å². The molecule has 0 unspecified atom stereocenters. The summed E-state index contributed by atoms with van der Waals surface area (Å²) in [6.07, 6.45) is 0.283. The number of hydrogen-bond donors (Lipinski definition) is 0. The molecule has 4 amide bonds. The van der Waals surface area contributed by atoms with Crippen LogP contribution >= 0.6 is 0 Å². The van der Waals surface area contributed by atoms with Crippen LogP contribution in [0.1, 0.15) is 47.9 Å². The van der Waals surface area contributed by atoms with E-state index in [1.54, 1.807) is 24.3 Å². The topological polar surface area (TPSA) is 93.2 Å². The molecule has 2 aliphatic rings. The first-order chi connectivity index (χ1) is 14.0. The highest BCUT2D eigenvalue weighted by Gasteiger charge is 2.38. The second kappa shape index (κ2) is 7.05. The minimum absolute atomic E-state index is 0.103. The molecule has 0 atom stereocenters. The third-order valence-corrected chi connectivity index (χ3v) is 5.12. The summed E-state index contributed by atoms with van der Waals surface area (Å²) < 4.78 is 10.2. The Balaban J connectivity index is 1.43. The number of methoxy groups -OCH3 is 2. The van der Waals surface area contributed by atoms with Crippen molar-refractivity contribution in [3.8, 4) is 11.5 Å². The van der Waals surface area contributed by atoms with E-state index in [4.69, 9.17) is 9.47 Å². The van der Waals surface area contributed by atoms with E-state index in [2.05, 4.69) is 0 Å². The zero-order valence-corrected chi connectivity index (χ0v) is 15.9. The molecule has 4 rings (SSSR count). The van der Waals surface area contributed by atoms with Gasteiger partial charge in [0, 0.05) is 13.1 Å². The molecule has 148 valence electrons. The van der Waals surface area contributed by atoms with Gasteiger partial charge in [-0.3, -0.25) is 29.0 Å². The average molecular weight is 394 g/mol. The van der Waals surface area contributed by atoms with Crippen molar-refractivity contribution in [3.05, 3.63) is 58.7 Å². The number of ether oxygens (including phenoxy) is 2. The third-order valence-electron chi connectivity index (χ3n) is 5.12. The highest BCUT2D eigenvalue weighted by molar-refractivity contribution is 6.22. The lowest BCUT2D eigenvalue weighted by Gasteiger charge is -2.17. The van der Waals surface area contributed by atoms with Gasteiger partial charge in [0.15, 0.2) is 0 Å². The zero-order chi connectivity index (χ0) is 20.7. The summed E-state index contributed by atoms with van der Waals surface area (Å²) in [5.74, 6) is -0.604. The van der Waals surface area contributed by atoms with Gasteiger partial charge in [-0.15, -0.1) is 0 Å². The van der Waals surface area contributed by atoms with Gasteiger partial charge in [-0.1, -0.05) is 0 Å². The Morgan fingerprint density at radius 3 is 1.38 bits per heavy atom. The maximum absolute atomic E-state index is 12.6. The third kappa shape index (κ3) is 2.93. The lowest BCUT2D eigenvalue weighted by Crippen LogP contribution is -2.35. The SMILES string of the molecule is COc1ccc2c(c1)C(=O)N(CCCN1C(=O)c3ccc(OC)cc3C1=O)C2=O. The van der Waals surface area contributed by atoms with Gasteiger partial charge in [0.05, 0.1) is 36.5 Å². The van der Waals surface area contributed by atoms with Crippen molar-refractivity contribution in [1.82, 2.24) is 9.80 Å².